The number of carbonyl (C=O) groups excluding carboxylic acids is 2. The molecule has 0 saturated heterocycles. The number of carbonyl (C=O) groups is 2. The summed E-state index contributed by atoms with van der Waals surface area (Å²) in [5.41, 5.74) is 4.70. The van der Waals surface area contributed by atoms with Gasteiger partial charge in [0.25, 0.3) is 5.91 Å². The minimum absolute atomic E-state index is 0.0243. The number of aromatic nitrogens is 2. The summed E-state index contributed by atoms with van der Waals surface area (Å²) in [6.07, 6.45) is 2.77. The number of nitrogens with zero attached hydrogens (tertiary/aromatic N) is 3. The number of ether oxygens (including phenoxy) is 1. The van der Waals surface area contributed by atoms with E-state index in [2.05, 4.69) is 32.8 Å². The molecule has 0 radical (unpaired) electrons. The van der Waals surface area contributed by atoms with Crippen molar-refractivity contribution in [1.29, 1.82) is 0 Å². The van der Waals surface area contributed by atoms with Crippen molar-refractivity contribution >= 4 is 11.8 Å². The van der Waals surface area contributed by atoms with Gasteiger partial charge in [-0.15, -0.1) is 0 Å². The van der Waals surface area contributed by atoms with E-state index in [1.807, 2.05) is 61.0 Å². The van der Waals surface area contributed by atoms with Crippen LogP contribution in [0.15, 0.2) is 54.6 Å². The van der Waals surface area contributed by atoms with E-state index in [0.717, 1.165) is 41.8 Å². The molecule has 1 aromatic heterocycles. The summed E-state index contributed by atoms with van der Waals surface area (Å²) in [5.74, 6) is 0.580. The van der Waals surface area contributed by atoms with Crippen LogP contribution in [0, 0.1) is 13.8 Å². The molecule has 2 amide bonds. The molecule has 2 N–H and O–H groups in total. The molecule has 1 aliphatic heterocycles. The molecule has 8 nitrogen and oxygen atoms in total. The van der Waals surface area contributed by atoms with Gasteiger partial charge in [0.2, 0.25) is 5.91 Å². The molecular weight excluding hydrogens is 466 g/mol. The molecule has 0 aliphatic carbocycles. The minimum atomic E-state index is -0.142. The second kappa shape index (κ2) is 13.1. The van der Waals surface area contributed by atoms with Gasteiger partial charge in [-0.05, 0) is 56.9 Å². The van der Waals surface area contributed by atoms with Crippen LogP contribution in [0.25, 0.3) is 0 Å². The van der Waals surface area contributed by atoms with Gasteiger partial charge in [0.1, 0.15) is 5.75 Å². The SMILES string of the molecule is Cc1cc(C)n(CCNC(=O)c2ccc3c(c2)OCCCCCNC(=O)CN(Cc2ccccc2)C3)n1. The quantitative estimate of drug-likeness (QED) is 0.537. The highest BCUT2D eigenvalue weighted by molar-refractivity contribution is 5.94. The van der Waals surface area contributed by atoms with Crippen molar-refractivity contribution in [1.82, 2.24) is 25.3 Å². The molecule has 0 saturated carbocycles. The summed E-state index contributed by atoms with van der Waals surface area (Å²) >= 11 is 0. The Labute approximate surface area is 219 Å². The average Bonchev–Trinajstić information content (AvgIpc) is 3.21. The largest absolute Gasteiger partial charge is 0.493 e. The Bertz CT molecular complexity index is 1190. The van der Waals surface area contributed by atoms with Crippen molar-refractivity contribution in [3.05, 3.63) is 82.7 Å². The van der Waals surface area contributed by atoms with Crippen LogP contribution in [0.5, 0.6) is 5.75 Å². The molecule has 4 rings (SSSR count). The van der Waals surface area contributed by atoms with Crippen LogP contribution in [-0.2, 0) is 24.4 Å². The highest BCUT2D eigenvalue weighted by atomic mass is 16.5. The molecule has 2 aromatic carbocycles. The van der Waals surface area contributed by atoms with Gasteiger partial charge in [-0.3, -0.25) is 19.2 Å². The molecular formula is C29H37N5O3. The van der Waals surface area contributed by atoms with Gasteiger partial charge >= 0.3 is 0 Å². The highest BCUT2D eigenvalue weighted by Crippen LogP contribution is 2.24. The molecule has 3 aromatic rings. The zero-order chi connectivity index (χ0) is 26.0. The molecule has 0 bridgehead atoms. The maximum atomic E-state index is 12.9. The first-order valence-electron chi connectivity index (χ1n) is 13.1. The Hall–Kier alpha value is -3.65. The topological polar surface area (TPSA) is 88.5 Å². The lowest BCUT2D eigenvalue weighted by atomic mass is 10.1. The van der Waals surface area contributed by atoms with Gasteiger partial charge in [0, 0.05) is 43.0 Å². The van der Waals surface area contributed by atoms with Crippen LogP contribution in [-0.4, -0.2) is 52.7 Å². The lowest BCUT2D eigenvalue weighted by Crippen LogP contribution is -2.37. The zero-order valence-corrected chi connectivity index (χ0v) is 21.8. The summed E-state index contributed by atoms with van der Waals surface area (Å²) in [7, 11) is 0. The summed E-state index contributed by atoms with van der Waals surface area (Å²) in [5, 5.41) is 10.5. The van der Waals surface area contributed by atoms with E-state index in [1.54, 1.807) is 0 Å². The standard InChI is InChI=1S/C29H37N5O3/c1-22-17-23(2)34(32-22)15-14-31-29(36)25-11-12-26-20-33(19-24-9-5-3-6-10-24)21-28(35)30-13-7-4-8-16-37-27(26)18-25/h3,5-6,9-12,17-18H,4,7-8,13-16,19-21H2,1-2H3,(H,30,35)(H,31,36). The fourth-order valence-corrected chi connectivity index (χ4v) is 4.56. The Morgan fingerprint density at radius 3 is 2.68 bits per heavy atom. The van der Waals surface area contributed by atoms with Crippen LogP contribution in [0.3, 0.4) is 0 Å². The Morgan fingerprint density at radius 2 is 1.89 bits per heavy atom. The van der Waals surface area contributed by atoms with Gasteiger partial charge in [0.05, 0.1) is 25.4 Å². The van der Waals surface area contributed by atoms with E-state index >= 15 is 0 Å². The third kappa shape index (κ3) is 7.92. The second-order valence-corrected chi connectivity index (χ2v) is 9.62. The van der Waals surface area contributed by atoms with E-state index in [4.69, 9.17) is 4.74 Å². The van der Waals surface area contributed by atoms with Crippen molar-refractivity contribution in [3.63, 3.8) is 0 Å². The Morgan fingerprint density at radius 1 is 1.05 bits per heavy atom. The van der Waals surface area contributed by atoms with Crippen LogP contribution in [0.4, 0.5) is 0 Å². The predicted molar refractivity (Wildman–Crippen MR) is 143 cm³/mol. The van der Waals surface area contributed by atoms with Crippen LogP contribution in [0.1, 0.15) is 52.1 Å². The van der Waals surface area contributed by atoms with Crippen LogP contribution >= 0.6 is 0 Å². The van der Waals surface area contributed by atoms with Crippen LogP contribution in [0.2, 0.25) is 0 Å². The van der Waals surface area contributed by atoms with Gasteiger partial charge < -0.3 is 15.4 Å². The van der Waals surface area contributed by atoms with Crippen molar-refractivity contribution in [2.75, 3.05) is 26.2 Å². The number of benzene rings is 2. The molecule has 0 fully saturated rings. The zero-order valence-electron chi connectivity index (χ0n) is 21.8. The average molecular weight is 504 g/mol. The highest BCUT2D eigenvalue weighted by Gasteiger charge is 2.17. The number of rotatable bonds is 6. The first kappa shape index (κ1) is 26.4. The molecule has 196 valence electrons. The summed E-state index contributed by atoms with van der Waals surface area (Å²) in [4.78, 5) is 27.7. The van der Waals surface area contributed by atoms with Gasteiger partial charge in [-0.25, -0.2) is 0 Å². The minimum Gasteiger partial charge on any atom is -0.493 e. The van der Waals surface area contributed by atoms with E-state index in [0.29, 0.717) is 57.2 Å². The molecule has 8 heteroatoms. The third-order valence-corrected chi connectivity index (χ3v) is 6.45. The van der Waals surface area contributed by atoms with E-state index in [9.17, 15) is 9.59 Å². The van der Waals surface area contributed by atoms with E-state index < -0.39 is 0 Å². The first-order chi connectivity index (χ1) is 18.0. The van der Waals surface area contributed by atoms with Gasteiger partial charge in [0.15, 0.2) is 0 Å². The summed E-state index contributed by atoms with van der Waals surface area (Å²) in [6.45, 7) is 7.79. The molecule has 0 spiro atoms. The van der Waals surface area contributed by atoms with E-state index in [-0.39, 0.29) is 11.8 Å². The molecule has 1 aliphatic rings. The predicted octanol–water partition coefficient (Wildman–Crippen LogP) is 3.61. The Kier molecular flexibility index (Phi) is 9.32. The molecule has 37 heavy (non-hydrogen) atoms. The maximum Gasteiger partial charge on any atom is 0.251 e. The Balaban J connectivity index is 1.48. The van der Waals surface area contributed by atoms with Crippen molar-refractivity contribution < 1.29 is 14.3 Å². The smallest absolute Gasteiger partial charge is 0.251 e. The normalized spacial score (nSPS) is 15.4. The maximum absolute atomic E-state index is 12.9. The number of hydrogen-bond donors (Lipinski definition) is 2. The van der Waals surface area contributed by atoms with Gasteiger partial charge in [-0.2, -0.15) is 5.10 Å². The number of nitrogens with one attached hydrogen (secondary N) is 2. The number of aryl methyl sites for hydroxylation is 2. The molecule has 0 atom stereocenters. The molecule has 0 unspecified atom stereocenters. The summed E-state index contributed by atoms with van der Waals surface area (Å²) in [6, 6.07) is 17.8. The van der Waals surface area contributed by atoms with Crippen molar-refractivity contribution in [3.8, 4) is 5.75 Å². The fraction of sp³-hybridized carbons (Fsp3) is 0.414. The fourth-order valence-electron chi connectivity index (χ4n) is 4.56. The number of hydrogen-bond acceptors (Lipinski definition) is 5. The third-order valence-electron chi connectivity index (χ3n) is 6.45. The molecule has 2 heterocycles. The van der Waals surface area contributed by atoms with Crippen molar-refractivity contribution in [2.45, 2.75) is 52.7 Å². The number of fused-ring (bicyclic) bond motifs is 1. The lowest BCUT2D eigenvalue weighted by molar-refractivity contribution is -0.122. The van der Waals surface area contributed by atoms with E-state index in [1.165, 1.54) is 0 Å². The summed E-state index contributed by atoms with van der Waals surface area (Å²) < 4.78 is 8.08. The van der Waals surface area contributed by atoms with Crippen molar-refractivity contribution in [2.24, 2.45) is 0 Å². The first-order valence-corrected chi connectivity index (χ1v) is 13.1. The van der Waals surface area contributed by atoms with Gasteiger partial charge in [-0.1, -0.05) is 36.4 Å². The van der Waals surface area contributed by atoms with Crippen LogP contribution < -0.4 is 15.4 Å². The second-order valence-electron chi connectivity index (χ2n) is 9.62. The monoisotopic (exact) mass is 503 g/mol. The lowest BCUT2D eigenvalue weighted by Gasteiger charge is -2.23. The number of amides is 2.